The number of carbonyl (C=O) groups excluding carboxylic acids is 2. The molecule has 0 unspecified atom stereocenters. The number of hydrogen-bond donors (Lipinski definition) is 0. The number of ether oxygens (including phenoxy) is 1. The Morgan fingerprint density at radius 3 is 2.05 bits per heavy atom. The van der Waals surface area contributed by atoms with Crippen molar-refractivity contribution in [2.45, 2.75) is 77.4 Å². The Kier molecular flexibility index (Phi) is 9.40. The van der Waals surface area contributed by atoms with Gasteiger partial charge in [0.15, 0.2) is 0 Å². The zero-order chi connectivity index (χ0) is 30.9. The standard InChI is InChI=1S/C30H36F6N2O3/c1-18(2)22-9-7-8-10-23(22)25-17-38(27(40)41-28(3,4)5)12-11-24(25)26(39)37(6)16-19-13-20(29(31,32)33)15-21(14-19)30(34,35)36/h7-10,13-15,18,24-25H,11-12,16-17H2,1-6H3/t24-,25+/m1/s1. The van der Waals surface area contributed by atoms with Crippen molar-refractivity contribution < 1.29 is 40.7 Å². The van der Waals surface area contributed by atoms with Crippen LogP contribution >= 0.6 is 0 Å². The average Bonchev–Trinajstić information content (AvgIpc) is 2.85. The highest BCUT2D eigenvalue weighted by Crippen LogP contribution is 2.39. The van der Waals surface area contributed by atoms with Crippen molar-refractivity contribution in [2.75, 3.05) is 20.1 Å². The Morgan fingerprint density at radius 1 is 0.976 bits per heavy atom. The molecule has 0 aromatic heterocycles. The van der Waals surface area contributed by atoms with E-state index in [0.29, 0.717) is 12.1 Å². The minimum absolute atomic E-state index is 0.0661. The van der Waals surface area contributed by atoms with E-state index < -0.39 is 59.5 Å². The van der Waals surface area contributed by atoms with Gasteiger partial charge in [-0.1, -0.05) is 38.1 Å². The first kappa shape index (κ1) is 32.3. The second-order valence-corrected chi connectivity index (χ2v) is 11.8. The van der Waals surface area contributed by atoms with Gasteiger partial charge in [0.25, 0.3) is 0 Å². The molecule has 226 valence electrons. The van der Waals surface area contributed by atoms with Gasteiger partial charge in [0.1, 0.15) is 5.60 Å². The molecule has 41 heavy (non-hydrogen) atoms. The minimum Gasteiger partial charge on any atom is -0.444 e. The molecule has 0 saturated carbocycles. The van der Waals surface area contributed by atoms with Crippen molar-refractivity contribution >= 4 is 12.0 Å². The third-order valence-electron chi connectivity index (χ3n) is 7.04. The lowest BCUT2D eigenvalue weighted by atomic mass is 9.76. The normalized spacial score (nSPS) is 18.4. The fourth-order valence-corrected chi connectivity index (χ4v) is 5.17. The highest BCUT2D eigenvalue weighted by atomic mass is 19.4. The van der Waals surface area contributed by atoms with Crippen LogP contribution in [0.3, 0.4) is 0 Å². The van der Waals surface area contributed by atoms with E-state index in [0.717, 1.165) is 16.0 Å². The molecule has 2 atom stereocenters. The summed E-state index contributed by atoms with van der Waals surface area (Å²) >= 11 is 0. The summed E-state index contributed by atoms with van der Waals surface area (Å²) in [5.41, 5.74) is -2.03. The van der Waals surface area contributed by atoms with Crippen molar-refractivity contribution in [3.63, 3.8) is 0 Å². The first-order valence-electron chi connectivity index (χ1n) is 13.4. The van der Waals surface area contributed by atoms with Gasteiger partial charge in [0.2, 0.25) is 5.91 Å². The zero-order valence-electron chi connectivity index (χ0n) is 24.0. The van der Waals surface area contributed by atoms with Crippen LogP contribution in [-0.4, -0.2) is 47.5 Å². The molecule has 2 aromatic carbocycles. The number of benzene rings is 2. The molecule has 0 spiro atoms. The van der Waals surface area contributed by atoms with E-state index in [9.17, 15) is 35.9 Å². The van der Waals surface area contributed by atoms with Gasteiger partial charge in [-0.3, -0.25) is 4.79 Å². The molecule has 1 heterocycles. The molecule has 2 aromatic rings. The van der Waals surface area contributed by atoms with Gasteiger partial charge in [0, 0.05) is 38.5 Å². The molecule has 0 N–H and O–H groups in total. The van der Waals surface area contributed by atoms with E-state index in [1.54, 1.807) is 25.7 Å². The fourth-order valence-electron chi connectivity index (χ4n) is 5.17. The fraction of sp³-hybridized carbons (Fsp3) is 0.533. The predicted octanol–water partition coefficient (Wildman–Crippen LogP) is 7.85. The second kappa shape index (κ2) is 11.9. The van der Waals surface area contributed by atoms with Crippen LogP contribution in [0.1, 0.15) is 80.7 Å². The third-order valence-corrected chi connectivity index (χ3v) is 7.04. The van der Waals surface area contributed by atoms with Crippen LogP contribution in [0.25, 0.3) is 0 Å². The Balaban J connectivity index is 1.95. The Hall–Kier alpha value is -3.24. The van der Waals surface area contributed by atoms with Crippen LogP contribution in [0, 0.1) is 5.92 Å². The molecule has 2 amide bonds. The van der Waals surface area contributed by atoms with Gasteiger partial charge in [-0.25, -0.2) is 4.79 Å². The van der Waals surface area contributed by atoms with Crippen LogP contribution in [0.15, 0.2) is 42.5 Å². The number of piperidine rings is 1. The minimum atomic E-state index is -4.99. The molecule has 5 nitrogen and oxygen atoms in total. The summed E-state index contributed by atoms with van der Waals surface area (Å²) in [7, 11) is 1.36. The Labute approximate surface area is 236 Å². The molecule has 11 heteroatoms. The predicted molar refractivity (Wildman–Crippen MR) is 142 cm³/mol. The molecule has 3 rings (SSSR count). The van der Waals surface area contributed by atoms with Crippen molar-refractivity contribution in [2.24, 2.45) is 5.92 Å². The maximum absolute atomic E-state index is 13.8. The lowest BCUT2D eigenvalue weighted by molar-refractivity contribution is -0.143. The van der Waals surface area contributed by atoms with Crippen molar-refractivity contribution in [1.29, 1.82) is 0 Å². The number of rotatable bonds is 5. The van der Waals surface area contributed by atoms with Crippen LogP contribution in [0.4, 0.5) is 31.1 Å². The number of nitrogens with zero attached hydrogens (tertiary/aromatic N) is 2. The number of amides is 2. The van der Waals surface area contributed by atoms with Crippen LogP contribution in [0.5, 0.6) is 0 Å². The van der Waals surface area contributed by atoms with Gasteiger partial charge >= 0.3 is 18.4 Å². The molecule has 1 aliphatic heterocycles. The van der Waals surface area contributed by atoms with Gasteiger partial charge in [0.05, 0.1) is 11.1 Å². The van der Waals surface area contributed by atoms with E-state index in [1.807, 2.05) is 38.1 Å². The van der Waals surface area contributed by atoms with Gasteiger partial charge < -0.3 is 14.5 Å². The summed E-state index contributed by atoms with van der Waals surface area (Å²) in [6, 6.07) is 8.88. The molecule has 0 aliphatic carbocycles. The monoisotopic (exact) mass is 586 g/mol. The highest BCUT2D eigenvalue weighted by molar-refractivity contribution is 5.80. The first-order chi connectivity index (χ1) is 18.8. The maximum atomic E-state index is 13.8. The van der Waals surface area contributed by atoms with Gasteiger partial charge in [-0.15, -0.1) is 0 Å². The summed E-state index contributed by atoms with van der Waals surface area (Å²) in [6.07, 6.45) is -10.2. The molecular formula is C30H36F6N2O3. The van der Waals surface area contributed by atoms with Gasteiger partial charge in [-0.2, -0.15) is 26.3 Å². The summed E-state index contributed by atoms with van der Waals surface area (Å²) in [4.78, 5) is 29.4. The van der Waals surface area contributed by atoms with Crippen LogP contribution < -0.4 is 0 Å². The summed E-state index contributed by atoms with van der Waals surface area (Å²) in [5, 5.41) is 0. The molecule has 1 saturated heterocycles. The SMILES string of the molecule is CC(C)c1ccccc1[C@@H]1CN(C(=O)OC(C)(C)C)CC[C@H]1C(=O)N(C)Cc1cc(C(F)(F)F)cc(C(F)(F)F)c1. The number of likely N-dealkylation sites (tertiary alicyclic amines) is 1. The van der Waals surface area contributed by atoms with Crippen molar-refractivity contribution in [3.8, 4) is 0 Å². The largest absolute Gasteiger partial charge is 0.444 e. The molecular weight excluding hydrogens is 550 g/mol. The van der Waals surface area contributed by atoms with E-state index in [1.165, 1.54) is 7.05 Å². The third kappa shape index (κ3) is 8.16. The van der Waals surface area contributed by atoms with E-state index >= 15 is 0 Å². The van der Waals surface area contributed by atoms with E-state index in [-0.39, 0.29) is 37.1 Å². The number of halogens is 6. The Bertz CT molecular complexity index is 1220. The lowest BCUT2D eigenvalue weighted by Gasteiger charge is -2.40. The maximum Gasteiger partial charge on any atom is 0.416 e. The molecule has 1 aliphatic rings. The smallest absolute Gasteiger partial charge is 0.416 e. The van der Waals surface area contributed by atoms with E-state index in [4.69, 9.17) is 4.74 Å². The highest BCUT2D eigenvalue weighted by Gasteiger charge is 2.41. The van der Waals surface area contributed by atoms with Crippen molar-refractivity contribution in [1.82, 2.24) is 9.80 Å². The van der Waals surface area contributed by atoms with Crippen molar-refractivity contribution in [3.05, 3.63) is 70.3 Å². The van der Waals surface area contributed by atoms with E-state index in [2.05, 4.69) is 0 Å². The summed E-state index contributed by atoms with van der Waals surface area (Å²) in [5.74, 6) is -1.45. The second-order valence-electron chi connectivity index (χ2n) is 11.8. The molecule has 0 radical (unpaired) electrons. The van der Waals surface area contributed by atoms with Gasteiger partial charge in [-0.05, 0) is 68.0 Å². The molecule has 1 fully saturated rings. The number of carbonyl (C=O) groups is 2. The lowest BCUT2D eigenvalue weighted by Crippen LogP contribution is -2.49. The quantitative estimate of drug-likeness (QED) is 0.336. The average molecular weight is 587 g/mol. The first-order valence-corrected chi connectivity index (χ1v) is 13.4. The number of hydrogen-bond acceptors (Lipinski definition) is 3. The topological polar surface area (TPSA) is 49.9 Å². The summed E-state index contributed by atoms with van der Waals surface area (Å²) in [6.45, 7) is 9.19. The van der Waals surface area contributed by atoms with Crippen LogP contribution in [0.2, 0.25) is 0 Å². The Morgan fingerprint density at radius 2 is 1.54 bits per heavy atom. The summed E-state index contributed by atoms with van der Waals surface area (Å²) < 4.78 is 85.8. The van der Waals surface area contributed by atoms with Crippen LogP contribution in [-0.2, 0) is 28.4 Å². The zero-order valence-corrected chi connectivity index (χ0v) is 24.0. The molecule has 0 bridgehead atoms. The number of alkyl halides is 6.